The van der Waals surface area contributed by atoms with E-state index in [9.17, 15) is 9.59 Å². The Morgan fingerprint density at radius 2 is 1.95 bits per heavy atom. The quantitative estimate of drug-likeness (QED) is 0.748. The van der Waals surface area contributed by atoms with E-state index in [1.165, 1.54) is 6.08 Å². The van der Waals surface area contributed by atoms with E-state index in [0.29, 0.717) is 13.0 Å². The summed E-state index contributed by atoms with van der Waals surface area (Å²) in [4.78, 5) is 22.4. The fraction of sp³-hybridized carbons (Fsp3) is 0.333. The van der Waals surface area contributed by atoms with Crippen molar-refractivity contribution in [3.05, 3.63) is 35.9 Å². The SMILES string of the molecule is CCOc1ccc(/C=C/C(=O)NC(CC)C(=O)O)cc1. The van der Waals surface area contributed by atoms with Crippen LogP contribution in [0.2, 0.25) is 0 Å². The molecule has 0 radical (unpaired) electrons. The molecule has 2 N–H and O–H groups in total. The van der Waals surface area contributed by atoms with Crippen LogP contribution in [-0.4, -0.2) is 29.6 Å². The van der Waals surface area contributed by atoms with Gasteiger partial charge in [0, 0.05) is 6.08 Å². The maximum absolute atomic E-state index is 11.6. The fourth-order valence-electron chi connectivity index (χ4n) is 1.57. The van der Waals surface area contributed by atoms with Gasteiger partial charge in [0.15, 0.2) is 0 Å². The molecule has 0 saturated heterocycles. The second kappa shape index (κ2) is 7.99. The molecule has 0 fully saturated rings. The molecule has 1 rings (SSSR count). The smallest absolute Gasteiger partial charge is 0.326 e. The Balaban J connectivity index is 2.58. The average Bonchev–Trinajstić information content (AvgIpc) is 2.44. The molecule has 0 saturated carbocycles. The van der Waals surface area contributed by atoms with Gasteiger partial charge in [-0.15, -0.1) is 0 Å². The zero-order valence-corrected chi connectivity index (χ0v) is 11.6. The maximum Gasteiger partial charge on any atom is 0.326 e. The Kier molecular flexibility index (Phi) is 6.29. The molecule has 0 aliphatic carbocycles. The molecule has 20 heavy (non-hydrogen) atoms. The van der Waals surface area contributed by atoms with Crippen LogP contribution < -0.4 is 10.1 Å². The topological polar surface area (TPSA) is 75.6 Å². The van der Waals surface area contributed by atoms with E-state index in [1.54, 1.807) is 13.0 Å². The van der Waals surface area contributed by atoms with Gasteiger partial charge in [0.2, 0.25) is 5.91 Å². The molecule has 5 heteroatoms. The molecule has 1 unspecified atom stereocenters. The number of benzene rings is 1. The Morgan fingerprint density at radius 3 is 2.45 bits per heavy atom. The van der Waals surface area contributed by atoms with Gasteiger partial charge in [-0.2, -0.15) is 0 Å². The molecule has 0 spiro atoms. The van der Waals surface area contributed by atoms with Crippen molar-refractivity contribution in [3.63, 3.8) is 0 Å². The Morgan fingerprint density at radius 1 is 1.30 bits per heavy atom. The summed E-state index contributed by atoms with van der Waals surface area (Å²) in [5.74, 6) is -0.686. The highest BCUT2D eigenvalue weighted by Gasteiger charge is 2.15. The van der Waals surface area contributed by atoms with Crippen LogP contribution in [0.1, 0.15) is 25.8 Å². The van der Waals surface area contributed by atoms with Crippen LogP contribution in [-0.2, 0) is 9.59 Å². The molecule has 1 atom stereocenters. The van der Waals surface area contributed by atoms with E-state index >= 15 is 0 Å². The van der Waals surface area contributed by atoms with Crippen LogP contribution in [0.3, 0.4) is 0 Å². The highest BCUT2D eigenvalue weighted by Crippen LogP contribution is 2.12. The number of carbonyl (C=O) groups is 2. The van der Waals surface area contributed by atoms with Gasteiger partial charge in [-0.3, -0.25) is 4.79 Å². The van der Waals surface area contributed by atoms with Crippen LogP contribution in [0.15, 0.2) is 30.3 Å². The molecule has 1 aromatic carbocycles. The van der Waals surface area contributed by atoms with E-state index in [4.69, 9.17) is 9.84 Å². The van der Waals surface area contributed by atoms with E-state index in [0.717, 1.165) is 11.3 Å². The monoisotopic (exact) mass is 277 g/mol. The minimum absolute atomic E-state index is 0.345. The summed E-state index contributed by atoms with van der Waals surface area (Å²) in [6.45, 7) is 4.21. The fourth-order valence-corrected chi connectivity index (χ4v) is 1.57. The number of amides is 1. The molecule has 0 bridgehead atoms. The van der Waals surface area contributed by atoms with Crippen molar-refractivity contribution in [1.82, 2.24) is 5.32 Å². The zero-order valence-electron chi connectivity index (χ0n) is 11.6. The number of carbonyl (C=O) groups excluding carboxylic acids is 1. The molecular weight excluding hydrogens is 258 g/mol. The average molecular weight is 277 g/mol. The Labute approximate surface area is 118 Å². The maximum atomic E-state index is 11.6. The highest BCUT2D eigenvalue weighted by molar-refractivity contribution is 5.94. The summed E-state index contributed by atoms with van der Waals surface area (Å²) >= 11 is 0. The number of aliphatic carboxylic acids is 1. The van der Waals surface area contributed by atoms with Crippen molar-refractivity contribution in [1.29, 1.82) is 0 Å². The Hall–Kier alpha value is -2.30. The van der Waals surface area contributed by atoms with Gasteiger partial charge >= 0.3 is 5.97 Å². The van der Waals surface area contributed by atoms with Gasteiger partial charge in [0.05, 0.1) is 6.61 Å². The predicted octanol–water partition coefficient (Wildman–Crippen LogP) is 2.08. The molecule has 5 nitrogen and oxygen atoms in total. The minimum Gasteiger partial charge on any atom is -0.494 e. The van der Waals surface area contributed by atoms with Gasteiger partial charge in [-0.25, -0.2) is 4.79 Å². The van der Waals surface area contributed by atoms with Crippen molar-refractivity contribution in [2.75, 3.05) is 6.61 Å². The largest absolute Gasteiger partial charge is 0.494 e. The summed E-state index contributed by atoms with van der Waals surface area (Å²) in [6, 6.07) is 6.42. The molecule has 0 heterocycles. The standard InChI is InChI=1S/C15H19NO4/c1-3-13(15(18)19)16-14(17)10-7-11-5-8-12(9-6-11)20-4-2/h5-10,13H,3-4H2,1-2H3,(H,16,17)(H,18,19)/b10-7+. The second-order valence-electron chi connectivity index (χ2n) is 4.14. The summed E-state index contributed by atoms with van der Waals surface area (Å²) in [6.07, 6.45) is 3.29. The summed E-state index contributed by atoms with van der Waals surface area (Å²) in [5.41, 5.74) is 0.840. The number of carboxylic acids is 1. The van der Waals surface area contributed by atoms with Gasteiger partial charge < -0.3 is 15.2 Å². The first kappa shape index (κ1) is 15.8. The number of hydrogen-bond acceptors (Lipinski definition) is 3. The third kappa shape index (κ3) is 5.14. The molecule has 0 aromatic heterocycles. The van der Waals surface area contributed by atoms with E-state index in [2.05, 4.69) is 5.32 Å². The first-order valence-electron chi connectivity index (χ1n) is 6.51. The number of rotatable bonds is 7. The summed E-state index contributed by atoms with van der Waals surface area (Å²) in [5, 5.41) is 11.3. The molecule has 1 aromatic rings. The number of nitrogens with one attached hydrogen (secondary N) is 1. The third-order valence-electron chi connectivity index (χ3n) is 2.64. The van der Waals surface area contributed by atoms with Crippen LogP contribution >= 0.6 is 0 Å². The summed E-state index contributed by atoms with van der Waals surface area (Å²) in [7, 11) is 0. The second-order valence-corrected chi connectivity index (χ2v) is 4.14. The van der Waals surface area contributed by atoms with E-state index in [-0.39, 0.29) is 0 Å². The number of ether oxygens (including phenoxy) is 1. The first-order chi connectivity index (χ1) is 9.56. The van der Waals surface area contributed by atoms with Gasteiger partial charge in [0.25, 0.3) is 0 Å². The van der Waals surface area contributed by atoms with Crippen LogP contribution in [0.5, 0.6) is 5.75 Å². The van der Waals surface area contributed by atoms with E-state index in [1.807, 2.05) is 31.2 Å². The highest BCUT2D eigenvalue weighted by atomic mass is 16.5. The summed E-state index contributed by atoms with van der Waals surface area (Å²) < 4.78 is 5.31. The lowest BCUT2D eigenvalue weighted by molar-refractivity contribution is -0.141. The van der Waals surface area contributed by atoms with Crippen molar-refractivity contribution in [2.45, 2.75) is 26.3 Å². The molecule has 108 valence electrons. The van der Waals surface area contributed by atoms with Gasteiger partial charge in [-0.1, -0.05) is 19.1 Å². The lowest BCUT2D eigenvalue weighted by atomic mass is 10.2. The molecule has 1 amide bonds. The normalized spacial score (nSPS) is 12.1. The lowest BCUT2D eigenvalue weighted by Gasteiger charge is -2.09. The number of hydrogen-bond donors (Lipinski definition) is 2. The van der Waals surface area contributed by atoms with Crippen molar-refractivity contribution in [2.24, 2.45) is 0 Å². The van der Waals surface area contributed by atoms with Gasteiger partial charge in [-0.05, 0) is 37.1 Å². The van der Waals surface area contributed by atoms with Gasteiger partial charge in [0.1, 0.15) is 11.8 Å². The number of carboxylic acid groups (broad SMARTS) is 1. The van der Waals surface area contributed by atoms with Crippen LogP contribution in [0.25, 0.3) is 6.08 Å². The van der Waals surface area contributed by atoms with Crippen molar-refractivity contribution >= 4 is 18.0 Å². The van der Waals surface area contributed by atoms with Crippen LogP contribution in [0, 0.1) is 0 Å². The van der Waals surface area contributed by atoms with Crippen molar-refractivity contribution in [3.8, 4) is 5.75 Å². The Bertz CT molecular complexity index is 479. The lowest BCUT2D eigenvalue weighted by Crippen LogP contribution is -2.39. The molecule has 0 aliphatic heterocycles. The molecule has 0 aliphatic rings. The predicted molar refractivity (Wildman–Crippen MR) is 76.5 cm³/mol. The van der Waals surface area contributed by atoms with Crippen LogP contribution in [0.4, 0.5) is 0 Å². The first-order valence-corrected chi connectivity index (χ1v) is 6.51. The zero-order chi connectivity index (χ0) is 15.0. The van der Waals surface area contributed by atoms with Crippen molar-refractivity contribution < 1.29 is 19.4 Å². The minimum atomic E-state index is -1.03. The third-order valence-corrected chi connectivity index (χ3v) is 2.64. The van der Waals surface area contributed by atoms with E-state index < -0.39 is 17.9 Å². The molecular formula is C15H19NO4.